The van der Waals surface area contributed by atoms with Crippen molar-refractivity contribution in [3.05, 3.63) is 258 Å². The zero-order chi connectivity index (χ0) is 44.3. The van der Waals surface area contributed by atoms with Crippen molar-refractivity contribution in [3.8, 4) is 33.4 Å². The molecule has 0 radical (unpaired) electrons. The van der Waals surface area contributed by atoms with Crippen LogP contribution in [-0.2, 0) is 5.41 Å². The van der Waals surface area contributed by atoms with Gasteiger partial charge in [-0.25, -0.2) is 0 Å². The number of hydrogen-bond acceptors (Lipinski definition) is 2. The minimum Gasteiger partial charge on any atom is -0.310 e. The average Bonchev–Trinajstić information content (AvgIpc) is 3.93. The summed E-state index contributed by atoms with van der Waals surface area (Å²) in [5, 5.41) is 5.36. The Morgan fingerprint density at radius 2 is 1.00 bits per heavy atom. The number of rotatable bonds is 8. The van der Waals surface area contributed by atoms with Gasteiger partial charge in [0, 0.05) is 37.1 Å². The second kappa shape index (κ2) is 16.4. The molecule has 11 aromatic rings. The van der Waals surface area contributed by atoms with Crippen molar-refractivity contribution in [2.45, 2.75) is 43.4 Å². The summed E-state index contributed by atoms with van der Waals surface area (Å²) in [5.74, 6) is 0.571. The molecule has 320 valence electrons. The molecule has 0 bridgehead atoms. The Morgan fingerprint density at radius 3 is 1.79 bits per heavy atom. The molecular formula is C65H49NS. The summed E-state index contributed by atoms with van der Waals surface area (Å²) in [6, 6.07) is 86.7. The van der Waals surface area contributed by atoms with Crippen molar-refractivity contribution in [2.75, 3.05) is 4.90 Å². The van der Waals surface area contributed by atoms with Crippen LogP contribution in [0.2, 0.25) is 0 Å². The van der Waals surface area contributed by atoms with Crippen molar-refractivity contribution in [1.29, 1.82) is 0 Å². The summed E-state index contributed by atoms with van der Waals surface area (Å²) in [4.78, 5) is 2.53. The highest BCUT2D eigenvalue weighted by Crippen LogP contribution is 2.58. The first-order chi connectivity index (χ1) is 33.3. The van der Waals surface area contributed by atoms with Crippen molar-refractivity contribution >= 4 is 59.3 Å². The molecule has 0 spiro atoms. The number of para-hydroxylation sites is 1. The molecule has 1 nitrogen and oxygen atoms in total. The molecule has 0 unspecified atom stereocenters. The van der Waals surface area contributed by atoms with E-state index in [1.165, 1.54) is 124 Å². The Hall–Kier alpha value is -7.52. The van der Waals surface area contributed by atoms with Crippen LogP contribution in [0.4, 0.5) is 17.1 Å². The first kappa shape index (κ1) is 39.8. The third kappa shape index (κ3) is 6.42. The van der Waals surface area contributed by atoms with E-state index in [0.29, 0.717) is 5.92 Å². The number of thiophene rings is 1. The Balaban J connectivity index is 1.05. The van der Waals surface area contributed by atoms with Crippen LogP contribution in [0.25, 0.3) is 64.3 Å². The maximum atomic E-state index is 2.53. The third-order valence-electron chi connectivity index (χ3n) is 15.0. The molecular weight excluding hydrogens is 827 g/mol. The quantitative estimate of drug-likeness (QED) is 0.147. The third-order valence-corrected chi connectivity index (χ3v) is 16.1. The lowest BCUT2D eigenvalue weighted by molar-refractivity contribution is 0.445. The van der Waals surface area contributed by atoms with Gasteiger partial charge in [0.05, 0.1) is 11.1 Å². The molecule has 1 fully saturated rings. The van der Waals surface area contributed by atoms with Crippen molar-refractivity contribution < 1.29 is 0 Å². The average molecular weight is 876 g/mol. The molecule has 0 saturated heterocycles. The molecule has 13 rings (SSSR count). The second-order valence-corrected chi connectivity index (χ2v) is 19.6. The van der Waals surface area contributed by atoms with Gasteiger partial charge in [-0.1, -0.05) is 207 Å². The maximum Gasteiger partial charge on any atom is 0.0714 e. The largest absolute Gasteiger partial charge is 0.310 e. The van der Waals surface area contributed by atoms with Crippen molar-refractivity contribution in [2.24, 2.45) is 0 Å². The Kier molecular flexibility index (Phi) is 9.76. The summed E-state index contributed by atoms with van der Waals surface area (Å²) in [6.07, 6.45) is 6.45. The predicted octanol–water partition coefficient (Wildman–Crippen LogP) is 18.4. The zero-order valence-corrected chi connectivity index (χ0v) is 38.2. The van der Waals surface area contributed by atoms with Gasteiger partial charge in [0.25, 0.3) is 0 Å². The summed E-state index contributed by atoms with van der Waals surface area (Å²) in [5.41, 5.74) is 17.1. The van der Waals surface area contributed by atoms with Gasteiger partial charge >= 0.3 is 0 Å². The highest BCUT2D eigenvalue weighted by Gasteiger charge is 2.46. The monoisotopic (exact) mass is 875 g/mol. The van der Waals surface area contributed by atoms with E-state index in [9.17, 15) is 0 Å². The molecule has 1 aromatic heterocycles. The molecule has 0 N–H and O–H groups in total. The fraction of sp³-hybridized carbons (Fsp3) is 0.108. The molecule has 0 atom stereocenters. The molecule has 67 heavy (non-hydrogen) atoms. The number of fused-ring (bicyclic) bond motifs is 7. The van der Waals surface area contributed by atoms with Gasteiger partial charge in [0.1, 0.15) is 0 Å². The van der Waals surface area contributed by atoms with Crippen LogP contribution in [0.1, 0.15) is 65.8 Å². The summed E-state index contributed by atoms with van der Waals surface area (Å²) in [6.45, 7) is 0. The lowest BCUT2D eigenvalue weighted by atomic mass is 9.67. The summed E-state index contributed by atoms with van der Waals surface area (Å²) in [7, 11) is 0. The van der Waals surface area contributed by atoms with Crippen LogP contribution in [0, 0.1) is 0 Å². The van der Waals surface area contributed by atoms with Crippen LogP contribution < -0.4 is 4.90 Å². The normalized spacial score (nSPS) is 14.3. The Labute approximate surface area is 397 Å². The molecule has 2 heteroatoms. The fourth-order valence-electron chi connectivity index (χ4n) is 12.0. The summed E-state index contributed by atoms with van der Waals surface area (Å²) < 4.78 is 2.64. The molecule has 2 aliphatic carbocycles. The number of benzene rings is 10. The van der Waals surface area contributed by atoms with Gasteiger partial charge in [-0.15, -0.1) is 11.3 Å². The SMILES string of the molecule is c1ccc(C2(c3ccccc3)c3ccccc3-c3ccc(N(c4ccc(-c5cccc6sc7ccccc7c56)cc4)c4ccccc4-c4cccc5cccc(C6CCCCC6)c45)cc32)cc1. The first-order valence-corrected chi connectivity index (χ1v) is 24.8. The standard InChI is InChI=1S/C65H49NS/c1-4-19-44(20-5-1)51-30-16-21-46-22-17-32-56(63(46)51)55-28-11-14-34-60(55)66(49-39-37-45(38-40-49)52-31-18-36-62-64(52)57-29-12-15-35-61(57)67-62)50-41-42-54-53-27-10-13-33-58(53)65(59(54)43-50,47-23-6-2-7-24-47)48-25-8-3-9-26-48/h2-3,6-18,21-44H,1,4-5,19-20H2. The van der Waals surface area contributed by atoms with E-state index >= 15 is 0 Å². The zero-order valence-electron chi connectivity index (χ0n) is 37.4. The molecule has 1 saturated carbocycles. The van der Waals surface area contributed by atoms with E-state index in [1.54, 1.807) is 0 Å². The first-order valence-electron chi connectivity index (χ1n) is 24.0. The number of hydrogen-bond donors (Lipinski definition) is 0. The van der Waals surface area contributed by atoms with Crippen LogP contribution in [-0.4, -0.2) is 0 Å². The predicted molar refractivity (Wildman–Crippen MR) is 286 cm³/mol. The highest BCUT2D eigenvalue weighted by molar-refractivity contribution is 7.25. The van der Waals surface area contributed by atoms with Gasteiger partial charge < -0.3 is 4.90 Å². The van der Waals surface area contributed by atoms with E-state index in [2.05, 4.69) is 235 Å². The lowest BCUT2D eigenvalue weighted by Crippen LogP contribution is -2.28. The lowest BCUT2D eigenvalue weighted by Gasteiger charge is -2.35. The van der Waals surface area contributed by atoms with E-state index < -0.39 is 5.41 Å². The van der Waals surface area contributed by atoms with Crippen LogP contribution in [0.15, 0.2) is 231 Å². The van der Waals surface area contributed by atoms with E-state index in [0.717, 1.165) is 17.1 Å². The van der Waals surface area contributed by atoms with Gasteiger partial charge in [-0.05, 0) is 128 Å². The number of nitrogens with zero attached hydrogens (tertiary/aromatic N) is 1. The molecule has 2 aliphatic rings. The van der Waals surface area contributed by atoms with Gasteiger partial charge in [-0.2, -0.15) is 0 Å². The number of anilines is 3. The van der Waals surface area contributed by atoms with Crippen molar-refractivity contribution in [1.82, 2.24) is 0 Å². The van der Waals surface area contributed by atoms with Gasteiger partial charge in [0.2, 0.25) is 0 Å². The van der Waals surface area contributed by atoms with Gasteiger partial charge in [0.15, 0.2) is 0 Å². The minimum atomic E-state index is -0.522. The molecule has 0 aliphatic heterocycles. The minimum absolute atomic E-state index is 0.522. The smallest absolute Gasteiger partial charge is 0.0714 e. The topological polar surface area (TPSA) is 3.24 Å². The molecule has 10 aromatic carbocycles. The Bertz CT molecular complexity index is 3570. The van der Waals surface area contributed by atoms with E-state index in [4.69, 9.17) is 0 Å². The van der Waals surface area contributed by atoms with Crippen LogP contribution in [0.5, 0.6) is 0 Å². The van der Waals surface area contributed by atoms with E-state index in [1.807, 2.05) is 11.3 Å². The van der Waals surface area contributed by atoms with Crippen molar-refractivity contribution in [3.63, 3.8) is 0 Å². The second-order valence-electron chi connectivity index (χ2n) is 18.5. The van der Waals surface area contributed by atoms with Gasteiger partial charge in [-0.3, -0.25) is 0 Å². The Morgan fingerprint density at radius 1 is 0.403 bits per heavy atom. The molecule has 1 heterocycles. The van der Waals surface area contributed by atoms with E-state index in [-0.39, 0.29) is 0 Å². The highest BCUT2D eigenvalue weighted by atomic mass is 32.1. The maximum absolute atomic E-state index is 2.53. The molecule has 0 amide bonds. The van der Waals surface area contributed by atoms with Crippen LogP contribution in [0.3, 0.4) is 0 Å². The fourth-order valence-corrected chi connectivity index (χ4v) is 13.2. The van der Waals surface area contributed by atoms with Crippen LogP contribution >= 0.6 is 11.3 Å². The summed E-state index contributed by atoms with van der Waals surface area (Å²) >= 11 is 1.88.